The summed E-state index contributed by atoms with van der Waals surface area (Å²) in [5, 5.41) is 0. The van der Waals surface area contributed by atoms with Crippen LogP contribution in [0.25, 0.3) is 0 Å². The van der Waals surface area contributed by atoms with Gasteiger partial charge in [-0.3, -0.25) is 0 Å². The molecule has 2 fully saturated rings. The molecule has 2 aliphatic rings. The Bertz CT molecular complexity index is 577. The monoisotopic (exact) mass is 354 g/mol. The standard InChI is InChI=1S/C19H24F2O4/c1-2-3-4-5-13-9-22-19(23-10-13)15-11-24-18(25-12-15)14-6-7-16(20)17(21)8-14/h4-8,13,15,18-19H,2-3,9-12H2,1H3/b5-4+. The molecule has 2 aliphatic heterocycles. The molecular formula is C19H24F2O4. The molecule has 3 rings (SSSR count). The Hall–Kier alpha value is -1.34. The van der Waals surface area contributed by atoms with E-state index in [0.717, 1.165) is 25.0 Å². The van der Waals surface area contributed by atoms with E-state index in [-0.39, 0.29) is 18.1 Å². The van der Waals surface area contributed by atoms with Gasteiger partial charge < -0.3 is 18.9 Å². The predicted molar refractivity (Wildman–Crippen MR) is 87.7 cm³/mol. The van der Waals surface area contributed by atoms with Gasteiger partial charge in [-0.15, -0.1) is 0 Å². The second-order valence-corrected chi connectivity index (χ2v) is 6.44. The van der Waals surface area contributed by atoms with Gasteiger partial charge in [0.1, 0.15) is 0 Å². The lowest BCUT2D eigenvalue weighted by molar-refractivity contribution is -0.280. The first-order valence-electron chi connectivity index (χ1n) is 8.75. The fourth-order valence-electron chi connectivity index (χ4n) is 2.90. The molecule has 4 nitrogen and oxygen atoms in total. The van der Waals surface area contributed by atoms with Gasteiger partial charge in [0.2, 0.25) is 0 Å². The van der Waals surface area contributed by atoms with Crippen molar-refractivity contribution in [2.24, 2.45) is 11.8 Å². The van der Waals surface area contributed by atoms with Gasteiger partial charge in [-0.2, -0.15) is 0 Å². The summed E-state index contributed by atoms with van der Waals surface area (Å²) in [5.74, 6) is -1.55. The van der Waals surface area contributed by atoms with Gasteiger partial charge in [0, 0.05) is 11.5 Å². The van der Waals surface area contributed by atoms with E-state index in [1.54, 1.807) is 0 Å². The van der Waals surface area contributed by atoms with Crippen molar-refractivity contribution in [1.82, 2.24) is 0 Å². The van der Waals surface area contributed by atoms with Gasteiger partial charge in [-0.05, 0) is 18.6 Å². The van der Waals surface area contributed by atoms with Gasteiger partial charge in [0.15, 0.2) is 24.2 Å². The average molecular weight is 354 g/mol. The molecule has 0 aliphatic carbocycles. The molecule has 2 saturated heterocycles. The number of hydrogen-bond donors (Lipinski definition) is 0. The number of benzene rings is 1. The summed E-state index contributed by atoms with van der Waals surface area (Å²) in [6.07, 6.45) is 5.45. The smallest absolute Gasteiger partial charge is 0.183 e. The minimum absolute atomic E-state index is 0.0397. The van der Waals surface area contributed by atoms with Crippen LogP contribution >= 0.6 is 0 Å². The summed E-state index contributed by atoms with van der Waals surface area (Å²) in [7, 11) is 0. The Balaban J connectivity index is 1.46. The van der Waals surface area contributed by atoms with E-state index >= 15 is 0 Å². The van der Waals surface area contributed by atoms with E-state index in [1.807, 2.05) is 0 Å². The molecule has 0 N–H and O–H groups in total. The van der Waals surface area contributed by atoms with E-state index < -0.39 is 17.9 Å². The highest BCUT2D eigenvalue weighted by atomic mass is 19.2. The Kier molecular flexibility index (Phi) is 6.53. The average Bonchev–Trinajstić information content (AvgIpc) is 2.65. The molecule has 0 saturated carbocycles. The van der Waals surface area contributed by atoms with Crippen LogP contribution in [-0.4, -0.2) is 32.7 Å². The fourth-order valence-corrected chi connectivity index (χ4v) is 2.90. The Morgan fingerprint density at radius 3 is 2.36 bits per heavy atom. The molecule has 25 heavy (non-hydrogen) atoms. The molecule has 6 heteroatoms. The molecule has 1 aromatic rings. The first kappa shape index (κ1) is 18.5. The summed E-state index contributed by atoms with van der Waals surface area (Å²) < 4.78 is 49.2. The second kappa shape index (κ2) is 8.85. The SMILES string of the molecule is CCC/C=C/C1COC(C2COC(c3ccc(F)c(F)c3)OC2)OC1. The van der Waals surface area contributed by atoms with E-state index in [4.69, 9.17) is 18.9 Å². The zero-order chi connectivity index (χ0) is 17.6. The minimum Gasteiger partial charge on any atom is -0.351 e. The van der Waals surface area contributed by atoms with Crippen molar-refractivity contribution in [3.8, 4) is 0 Å². The van der Waals surface area contributed by atoms with Gasteiger partial charge in [0.25, 0.3) is 0 Å². The van der Waals surface area contributed by atoms with Crippen molar-refractivity contribution < 1.29 is 27.7 Å². The van der Waals surface area contributed by atoms with Crippen LogP contribution in [0.4, 0.5) is 8.78 Å². The predicted octanol–water partition coefficient (Wildman–Crippen LogP) is 3.97. The zero-order valence-corrected chi connectivity index (χ0v) is 14.3. The first-order chi connectivity index (χ1) is 12.2. The topological polar surface area (TPSA) is 36.9 Å². The van der Waals surface area contributed by atoms with E-state index in [1.165, 1.54) is 6.07 Å². The summed E-state index contributed by atoms with van der Waals surface area (Å²) in [4.78, 5) is 0. The van der Waals surface area contributed by atoms with E-state index in [9.17, 15) is 8.78 Å². The maximum absolute atomic E-state index is 13.3. The maximum atomic E-state index is 13.3. The van der Waals surface area contributed by atoms with Crippen molar-refractivity contribution >= 4 is 0 Å². The number of rotatable bonds is 5. The van der Waals surface area contributed by atoms with Crippen LogP contribution in [0, 0.1) is 23.5 Å². The third-order valence-electron chi connectivity index (χ3n) is 4.34. The van der Waals surface area contributed by atoms with Crippen LogP contribution in [0.3, 0.4) is 0 Å². The quantitative estimate of drug-likeness (QED) is 0.750. The highest BCUT2D eigenvalue weighted by molar-refractivity contribution is 5.19. The molecule has 0 unspecified atom stereocenters. The molecule has 0 spiro atoms. The lowest BCUT2D eigenvalue weighted by Gasteiger charge is -2.37. The molecule has 2 heterocycles. The Morgan fingerprint density at radius 2 is 1.72 bits per heavy atom. The Labute approximate surface area is 146 Å². The number of ether oxygens (including phenoxy) is 4. The summed E-state index contributed by atoms with van der Waals surface area (Å²) in [5.41, 5.74) is 0.462. The zero-order valence-electron chi connectivity index (χ0n) is 14.3. The van der Waals surface area contributed by atoms with Gasteiger partial charge in [0.05, 0.1) is 32.3 Å². The van der Waals surface area contributed by atoms with Crippen LogP contribution < -0.4 is 0 Å². The van der Waals surface area contributed by atoms with E-state index in [2.05, 4.69) is 19.1 Å². The van der Waals surface area contributed by atoms with Gasteiger partial charge >= 0.3 is 0 Å². The molecule has 0 amide bonds. The lowest BCUT2D eigenvalue weighted by Crippen LogP contribution is -2.42. The highest BCUT2D eigenvalue weighted by Gasteiger charge is 2.33. The van der Waals surface area contributed by atoms with Crippen molar-refractivity contribution in [2.75, 3.05) is 26.4 Å². The van der Waals surface area contributed by atoms with Crippen molar-refractivity contribution in [3.05, 3.63) is 47.5 Å². The number of hydrogen-bond acceptors (Lipinski definition) is 4. The molecule has 0 aromatic heterocycles. The van der Waals surface area contributed by atoms with Gasteiger partial charge in [-0.25, -0.2) is 8.78 Å². The first-order valence-corrected chi connectivity index (χ1v) is 8.75. The van der Waals surface area contributed by atoms with Crippen LogP contribution in [0.2, 0.25) is 0 Å². The summed E-state index contributed by atoms with van der Waals surface area (Å²) in [6, 6.07) is 3.63. The largest absolute Gasteiger partial charge is 0.351 e. The Morgan fingerprint density at radius 1 is 1.00 bits per heavy atom. The second-order valence-electron chi connectivity index (χ2n) is 6.44. The van der Waals surface area contributed by atoms with Crippen LogP contribution in [0.15, 0.2) is 30.4 Å². The summed E-state index contributed by atoms with van der Waals surface area (Å²) in [6.45, 7) is 4.14. The third-order valence-corrected chi connectivity index (χ3v) is 4.34. The van der Waals surface area contributed by atoms with Crippen molar-refractivity contribution in [1.29, 1.82) is 0 Å². The van der Waals surface area contributed by atoms with Crippen molar-refractivity contribution in [2.45, 2.75) is 32.3 Å². The third kappa shape index (κ3) is 4.85. The number of allylic oxidation sites excluding steroid dienone is 1. The molecule has 1 aromatic carbocycles. The normalized spacial score (nSPS) is 30.7. The number of halogens is 2. The maximum Gasteiger partial charge on any atom is 0.183 e. The molecular weight excluding hydrogens is 330 g/mol. The van der Waals surface area contributed by atoms with Crippen LogP contribution in [-0.2, 0) is 18.9 Å². The number of unbranched alkanes of at least 4 members (excludes halogenated alkanes) is 1. The van der Waals surface area contributed by atoms with Gasteiger partial charge in [-0.1, -0.05) is 31.6 Å². The molecule has 0 radical (unpaired) electrons. The summed E-state index contributed by atoms with van der Waals surface area (Å²) >= 11 is 0. The van der Waals surface area contributed by atoms with Crippen molar-refractivity contribution in [3.63, 3.8) is 0 Å². The molecule has 0 bridgehead atoms. The minimum atomic E-state index is -0.909. The van der Waals surface area contributed by atoms with Crippen LogP contribution in [0.1, 0.15) is 31.6 Å². The highest BCUT2D eigenvalue weighted by Crippen LogP contribution is 2.29. The molecule has 138 valence electrons. The fraction of sp³-hybridized carbons (Fsp3) is 0.579. The molecule has 0 atom stereocenters. The lowest BCUT2D eigenvalue weighted by atomic mass is 10.1. The van der Waals surface area contributed by atoms with Crippen LogP contribution in [0.5, 0.6) is 0 Å². The van der Waals surface area contributed by atoms with E-state index in [0.29, 0.717) is 32.0 Å².